The molecule has 0 radical (unpaired) electrons. The van der Waals surface area contributed by atoms with Gasteiger partial charge in [-0.3, -0.25) is 9.59 Å². The maximum atomic E-state index is 13.0. The third-order valence-electron chi connectivity index (χ3n) is 5.15. The number of para-hydroxylation sites is 2. The van der Waals surface area contributed by atoms with Crippen molar-refractivity contribution in [2.24, 2.45) is 0 Å². The minimum Gasteiger partial charge on any atom is -0.324 e. The van der Waals surface area contributed by atoms with Crippen LogP contribution in [0, 0.1) is 13.8 Å². The fourth-order valence-corrected chi connectivity index (χ4v) is 3.69. The molecule has 152 valence electrons. The molecule has 0 aliphatic carbocycles. The van der Waals surface area contributed by atoms with Gasteiger partial charge in [-0.15, -0.1) is 0 Å². The molecule has 2 heterocycles. The van der Waals surface area contributed by atoms with E-state index in [0.717, 1.165) is 34.4 Å². The van der Waals surface area contributed by atoms with Crippen LogP contribution < -0.4 is 10.9 Å². The maximum absolute atomic E-state index is 13.0. The summed E-state index contributed by atoms with van der Waals surface area (Å²) in [6.07, 6.45) is 0.802. The quantitative estimate of drug-likeness (QED) is 0.556. The lowest BCUT2D eigenvalue weighted by Gasteiger charge is -2.10. The molecule has 0 atom stereocenters. The summed E-state index contributed by atoms with van der Waals surface area (Å²) in [5.74, 6) is -0.302. The first-order valence-electron chi connectivity index (χ1n) is 9.89. The van der Waals surface area contributed by atoms with E-state index in [4.69, 9.17) is 0 Å². The standard InChI is InChI=1S/C23H23N5O2/c1-4-17-10-8-9-13-19(17)24-20(29)14-27-23(30)22-21(15(2)25-27)16(3)28(26-22)18-11-6-5-7-12-18/h5-13H,4,14H2,1-3H3,(H,24,29). The molecule has 2 aromatic heterocycles. The SMILES string of the molecule is CCc1ccccc1NC(=O)Cn1nc(C)c2c(C)n(-c3ccccc3)nc2c1=O. The van der Waals surface area contributed by atoms with E-state index in [0.29, 0.717) is 11.2 Å². The van der Waals surface area contributed by atoms with E-state index in [1.165, 1.54) is 4.68 Å². The van der Waals surface area contributed by atoms with Crippen LogP contribution in [0.3, 0.4) is 0 Å². The molecule has 0 saturated carbocycles. The lowest BCUT2D eigenvalue weighted by Crippen LogP contribution is -2.30. The summed E-state index contributed by atoms with van der Waals surface area (Å²) in [7, 11) is 0. The highest BCUT2D eigenvalue weighted by molar-refractivity contribution is 5.91. The lowest BCUT2D eigenvalue weighted by molar-refractivity contribution is -0.117. The first-order valence-corrected chi connectivity index (χ1v) is 9.89. The number of carbonyl (C=O) groups is 1. The summed E-state index contributed by atoms with van der Waals surface area (Å²) < 4.78 is 2.92. The number of nitrogens with zero attached hydrogens (tertiary/aromatic N) is 4. The zero-order chi connectivity index (χ0) is 21.3. The van der Waals surface area contributed by atoms with Crippen LogP contribution in [0.4, 0.5) is 5.69 Å². The second-order valence-corrected chi connectivity index (χ2v) is 7.16. The molecule has 4 rings (SSSR count). The monoisotopic (exact) mass is 401 g/mol. The molecule has 7 nitrogen and oxygen atoms in total. The number of hydrogen-bond acceptors (Lipinski definition) is 4. The summed E-state index contributed by atoms with van der Waals surface area (Å²) in [6, 6.07) is 17.2. The molecule has 0 bridgehead atoms. The zero-order valence-corrected chi connectivity index (χ0v) is 17.2. The lowest BCUT2D eigenvalue weighted by atomic mass is 10.1. The Hall–Kier alpha value is -3.74. The highest BCUT2D eigenvalue weighted by atomic mass is 16.2. The average Bonchev–Trinajstić information content (AvgIpc) is 3.11. The topological polar surface area (TPSA) is 81.8 Å². The normalized spacial score (nSPS) is 11.0. The molecule has 0 aliphatic rings. The van der Waals surface area contributed by atoms with Crippen molar-refractivity contribution in [3.63, 3.8) is 0 Å². The summed E-state index contributed by atoms with van der Waals surface area (Å²) in [5, 5.41) is 12.5. The Morgan fingerprint density at radius 1 is 1.00 bits per heavy atom. The van der Waals surface area contributed by atoms with Crippen molar-refractivity contribution in [2.45, 2.75) is 33.7 Å². The van der Waals surface area contributed by atoms with E-state index in [9.17, 15) is 9.59 Å². The van der Waals surface area contributed by atoms with Gasteiger partial charge in [-0.25, -0.2) is 9.36 Å². The molecule has 7 heteroatoms. The maximum Gasteiger partial charge on any atom is 0.295 e. The largest absolute Gasteiger partial charge is 0.324 e. The number of benzene rings is 2. The molecule has 0 unspecified atom stereocenters. The molecular formula is C23H23N5O2. The minimum atomic E-state index is -0.382. The highest BCUT2D eigenvalue weighted by Gasteiger charge is 2.18. The highest BCUT2D eigenvalue weighted by Crippen LogP contribution is 2.21. The van der Waals surface area contributed by atoms with Crippen molar-refractivity contribution in [3.05, 3.63) is 81.9 Å². The second-order valence-electron chi connectivity index (χ2n) is 7.16. The first-order chi connectivity index (χ1) is 14.5. The van der Waals surface area contributed by atoms with E-state index in [2.05, 4.69) is 15.5 Å². The number of carbonyl (C=O) groups excluding carboxylic acids is 1. The van der Waals surface area contributed by atoms with Crippen LogP contribution in [0.25, 0.3) is 16.6 Å². The van der Waals surface area contributed by atoms with Gasteiger partial charge >= 0.3 is 0 Å². The van der Waals surface area contributed by atoms with E-state index in [1.54, 1.807) is 4.68 Å². The van der Waals surface area contributed by atoms with Gasteiger partial charge in [-0.1, -0.05) is 43.3 Å². The summed E-state index contributed by atoms with van der Waals surface area (Å²) in [4.78, 5) is 25.6. The van der Waals surface area contributed by atoms with E-state index < -0.39 is 0 Å². The van der Waals surface area contributed by atoms with Crippen LogP contribution in [-0.2, 0) is 17.8 Å². The Labute approximate surface area is 174 Å². The van der Waals surface area contributed by atoms with Gasteiger partial charge in [-0.05, 0) is 44.0 Å². The molecule has 0 spiro atoms. The van der Waals surface area contributed by atoms with Crippen LogP contribution in [0.2, 0.25) is 0 Å². The zero-order valence-electron chi connectivity index (χ0n) is 17.2. The van der Waals surface area contributed by atoms with Crippen molar-refractivity contribution in [3.8, 4) is 5.69 Å². The van der Waals surface area contributed by atoms with Gasteiger partial charge in [0, 0.05) is 5.69 Å². The fourth-order valence-electron chi connectivity index (χ4n) is 3.69. The van der Waals surface area contributed by atoms with Gasteiger partial charge in [0.25, 0.3) is 5.56 Å². The van der Waals surface area contributed by atoms with Gasteiger partial charge in [0.2, 0.25) is 5.91 Å². The molecule has 0 saturated heterocycles. The molecule has 1 amide bonds. The van der Waals surface area contributed by atoms with Crippen molar-refractivity contribution in [1.29, 1.82) is 0 Å². The molecular weight excluding hydrogens is 378 g/mol. The molecule has 1 N–H and O–H groups in total. The smallest absolute Gasteiger partial charge is 0.295 e. The Balaban J connectivity index is 1.70. The molecule has 2 aromatic carbocycles. The Morgan fingerprint density at radius 3 is 2.43 bits per heavy atom. The Bertz CT molecular complexity index is 1290. The number of aryl methyl sites for hydroxylation is 3. The Morgan fingerprint density at radius 2 is 1.70 bits per heavy atom. The predicted octanol–water partition coefficient (Wildman–Crippen LogP) is 3.40. The predicted molar refractivity (Wildman–Crippen MR) is 117 cm³/mol. The first kappa shape index (κ1) is 19.6. The molecule has 30 heavy (non-hydrogen) atoms. The van der Waals surface area contributed by atoms with E-state index in [-0.39, 0.29) is 18.0 Å². The van der Waals surface area contributed by atoms with Gasteiger partial charge in [0.05, 0.1) is 22.5 Å². The molecule has 0 aliphatic heterocycles. The van der Waals surface area contributed by atoms with Crippen LogP contribution in [0.1, 0.15) is 23.9 Å². The number of amides is 1. The number of anilines is 1. The second kappa shape index (κ2) is 7.94. The number of nitrogens with one attached hydrogen (secondary N) is 1. The van der Waals surface area contributed by atoms with Gasteiger partial charge in [0.1, 0.15) is 6.54 Å². The van der Waals surface area contributed by atoms with Crippen molar-refractivity contribution in [1.82, 2.24) is 19.6 Å². The molecule has 0 fully saturated rings. The Kier molecular flexibility index (Phi) is 5.18. The summed E-state index contributed by atoms with van der Waals surface area (Å²) in [5.41, 5.74) is 4.08. The van der Waals surface area contributed by atoms with Crippen molar-refractivity contribution >= 4 is 22.5 Å². The third kappa shape index (κ3) is 3.50. The van der Waals surface area contributed by atoms with Crippen molar-refractivity contribution < 1.29 is 4.79 Å². The van der Waals surface area contributed by atoms with Crippen molar-refractivity contribution in [2.75, 3.05) is 5.32 Å². The van der Waals surface area contributed by atoms with Crippen LogP contribution in [0.5, 0.6) is 0 Å². The number of fused-ring (bicyclic) bond motifs is 1. The summed E-state index contributed by atoms with van der Waals surface area (Å²) in [6.45, 7) is 5.59. The van der Waals surface area contributed by atoms with Gasteiger partial charge in [-0.2, -0.15) is 10.2 Å². The van der Waals surface area contributed by atoms with Gasteiger partial charge in [0.15, 0.2) is 5.52 Å². The number of rotatable bonds is 5. The van der Waals surface area contributed by atoms with Crippen LogP contribution >= 0.6 is 0 Å². The number of hydrogen-bond donors (Lipinski definition) is 1. The van der Waals surface area contributed by atoms with Crippen LogP contribution in [0.15, 0.2) is 59.4 Å². The fraction of sp³-hybridized carbons (Fsp3) is 0.217. The number of aromatic nitrogens is 4. The average molecular weight is 401 g/mol. The van der Waals surface area contributed by atoms with Gasteiger partial charge < -0.3 is 5.32 Å². The van der Waals surface area contributed by atoms with E-state index >= 15 is 0 Å². The molecule has 4 aromatic rings. The summed E-state index contributed by atoms with van der Waals surface area (Å²) >= 11 is 0. The van der Waals surface area contributed by atoms with E-state index in [1.807, 2.05) is 75.4 Å². The van der Waals surface area contributed by atoms with Crippen LogP contribution in [-0.4, -0.2) is 25.5 Å². The minimum absolute atomic E-state index is 0.176. The third-order valence-corrected chi connectivity index (χ3v) is 5.15.